The van der Waals surface area contributed by atoms with E-state index in [2.05, 4.69) is 70.1 Å². The van der Waals surface area contributed by atoms with Crippen molar-refractivity contribution < 1.29 is 23.2 Å². The minimum atomic E-state index is -1.07. The zero-order valence-electron chi connectivity index (χ0n) is 31.2. The summed E-state index contributed by atoms with van der Waals surface area (Å²) < 4.78 is 34.3. The lowest BCUT2D eigenvalue weighted by Crippen LogP contribution is -2.56. The van der Waals surface area contributed by atoms with E-state index in [0.29, 0.717) is 24.0 Å². The maximum atomic E-state index is 12.5. The van der Waals surface area contributed by atoms with Crippen molar-refractivity contribution in [1.82, 2.24) is 14.9 Å². The van der Waals surface area contributed by atoms with E-state index in [9.17, 15) is 9.00 Å². The molecule has 6 rings (SSSR count). The van der Waals surface area contributed by atoms with Crippen molar-refractivity contribution in [3.05, 3.63) is 71.3 Å². The highest BCUT2D eigenvalue weighted by atomic mass is 32.2. The number of morpholine rings is 1. The summed E-state index contributed by atoms with van der Waals surface area (Å²) in [7, 11) is 2.56. The molecular formula is C41H60N4O5S. The molecule has 2 fully saturated rings. The number of methoxy groups -OCH3 is 1. The number of carbonyl (C=O) groups is 1. The zero-order valence-corrected chi connectivity index (χ0v) is 32.1. The van der Waals surface area contributed by atoms with E-state index in [1.54, 1.807) is 7.05 Å². The van der Waals surface area contributed by atoms with Crippen LogP contribution in [-0.4, -0.2) is 106 Å². The third-order valence-electron chi connectivity index (χ3n) is 12.4. The SMILES string of the molecule is CNS(=O)C(C)C(C)C/C=C/[C@@](CNCCN1CCOCC1)(OC)C1CCC1CN1C[C@@]2(CCCc3ccccc32)COc2ccc(C=O)cc21. The van der Waals surface area contributed by atoms with Gasteiger partial charge in [0, 0.05) is 69.2 Å². The maximum absolute atomic E-state index is 12.5. The van der Waals surface area contributed by atoms with E-state index in [1.165, 1.54) is 11.1 Å². The van der Waals surface area contributed by atoms with Gasteiger partial charge in [-0.1, -0.05) is 43.3 Å². The summed E-state index contributed by atoms with van der Waals surface area (Å²) in [5.74, 6) is 1.82. The highest BCUT2D eigenvalue weighted by molar-refractivity contribution is 7.83. The molecule has 51 heavy (non-hydrogen) atoms. The molecule has 2 aliphatic carbocycles. The molecule has 1 saturated carbocycles. The molecule has 7 atom stereocenters. The van der Waals surface area contributed by atoms with Crippen molar-refractivity contribution in [2.45, 2.75) is 68.6 Å². The summed E-state index contributed by atoms with van der Waals surface area (Å²) in [4.78, 5) is 17.0. The van der Waals surface area contributed by atoms with Gasteiger partial charge in [-0.2, -0.15) is 0 Å². The molecular weight excluding hydrogens is 661 g/mol. The van der Waals surface area contributed by atoms with E-state index in [0.717, 1.165) is 115 Å². The van der Waals surface area contributed by atoms with Gasteiger partial charge in [-0.05, 0) is 99.6 Å². The number of hydrogen-bond acceptors (Lipinski definition) is 8. The lowest BCUT2D eigenvalue weighted by molar-refractivity contribution is -0.0735. The van der Waals surface area contributed by atoms with Crippen molar-refractivity contribution in [1.29, 1.82) is 0 Å². The lowest BCUT2D eigenvalue weighted by atomic mass is 9.63. The smallest absolute Gasteiger partial charge is 0.150 e. The Balaban J connectivity index is 1.25. The number of benzene rings is 2. The van der Waals surface area contributed by atoms with Gasteiger partial charge in [-0.25, -0.2) is 8.93 Å². The predicted molar refractivity (Wildman–Crippen MR) is 206 cm³/mol. The number of ether oxygens (including phenoxy) is 3. The first kappa shape index (κ1) is 38.1. The molecule has 2 aliphatic heterocycles. The number of allylic oxidation sites excluding steroid dienone is 1. The van der Waals surface area contributed by atoms with E-state index >= 15 is 0 Å². The Hall–Kier alpha value is -2.60. The van der Waals surface area contributed by atoms with Crippen molar-refractivity contribution >= 4 is 23.0 Å². The molecule has 0 bridgehead atoms. The number of aryl methyl sites for hydroxylation is 1. The third kappa shape index (κ3) is 8.63. The Morgan fingerprint density at radius 3 is 2.73 bits per heavy atom. The van der Waals surface area contributed by atoms with Gasteiger partial charge in [0.05, 0.1) is 36.5 Å². The van der Waals surface area contributed by atoms with Crippen molar-refractivity contribution in [2.24, 2.45) is 17.8 Å². The molecule has 0 radical (unpaired) electrons. The van der Waals surface area contributed by atoms with Gasteiger partial charge in [0.15, 0.2) is 0 Å². The quantitative estimate of drug-likeness (QED) is 0.140. The molecule has 2 heterocycles. The highest BCUT2D eigenvalue weighted by Crippen LogP contribution is 2.48. The van der Waals surface area contributed by atoms with Crippen LogP contribution in [0, 0.1) is 17.8 Å². The van der Waals surface area contributed by atoms with Gasteiger partial charge >= 0.3 is 0 Å². The van der Waals surface area contributed by atoms with E-state index in [-0.39, 0.29) is 16.6 Å². The van der Waals surface area contributed by atoms with Crippen LogP contribution in [0.2, 0.25) is 0 Å². The summed E-state index contributed by atoms with van der Waals surface area (Å²) in [6.45, 7) is 12.7. The monoisotopic (exact) mass is 720 g/mol. The Labute approximate surface area is 308 Å². The number of fused-ring (bicyclic) bond motifs is 3. The van der Waals surface area contributed by atoms with Crippen LogP contribution in [-0.2, 0) is 32.3 Å². The fourth-order valence-electron chi connectivity index (χ4n) is 8.91. The summed E-state index contributed by atoms with van der Waals surface area (Å²) in [6, 6.07) is 14.8. The van der Waals surface area contributed by atoms with Crippen LogP contribution in [0.1, 0.15) is 67.4 Å². The van der Waals surface area contributed by atoms with Gasteiger partial charge in [-0.3, -0.25) is 9.69 Å². The number of nitrogens with one attached hydrogen (secondary N) is 2. The molecule has 1 saturated heterocycles. The highest BCUT2D eigenvalue weighted by Gasteiger charge is 2.49. The van der Waals surface area contributed by atoms with Crippen LogP contribution in [0.5, 0.6) is 5.75 Å². The molecule has 280 valence electrons. The summed E-state index contributed by atoms with van der Waals surface area (Å²) in [5, 5.41) is 3.83. The standard InChI is InChI=1S/C41H60N4O5S/c1-31(32(2)51(47)42-3)9-7-18-41(48-4,28-43-19-20-44-21-23-49-24-22-44)37-15-14-35(37)26-45-29-40(17-8-11-34-10-5-6-12-36(34)40)30-50-39-16-13-33(27-46)25-38(39)45/h5-7,10,12-13,16,18,25,27,31-32,35,37,42-43H,8-9,11,14-15,17,19-24,26,28-30H2,1-4H3/b18-7+/t31?,32?,35?,37?,40-,41-,51?/m0/s1. The van der Waals surface area contributed by atoms with E-state index < -0.39 is 16.6 Å². The molecule has 0 amide bonds. The average Bonchev–Trinajstić information content (AvgIpc) is 3.31. The topological polar surface area (TPSA) is 92.4 Å². The molecule has 2 aromatic rings. The van der Waals surface area contributed by atoms with Crippen LogP contribution in [0.15, 0.2) is 54.6 Å². The minimum Gasteiger partial charge on any atom is -0.490 e. The second-order valence-electron chi connectivity index (χ2n) is 15.4. The molecule has 0 aromatic heterocycles. The molecule has 2 N–H and O–H groups in total. The maximum Gasteiger partial charge on any atom is 0.150 e. The normalized spacial score (nSPS) is 26.6. The number of anilines is 1. The van der Waals surface area contributed by atoms with Crippen molar-refractivity contribution in [3.63, 3.8) is 0 Å². The van der Waals surface area contributed by atoms with E-state index in [4.69, 9.17) is 14.2 Å². The Kier molecular flexibility index (Phi) is 13.1. The average molecular weight is 721 g/mol. The number of aldehydes is 1. The number of carbonyl (C=O) groups excluding carboxylic acids is 1. The Bertz CT molecular complexity index is 1520. The molecule has 4 aliphatic rings. The number of nitrogens with zero attached hydrogens (tertiary/aromatic N) is 2. The first-order valence-electron chi connectivity index (χ1n) is 19.2. The molecule has 10 heteroatoms. The second-order valence-corrected chi connectivity index (χ2v) is 17.1. The van der Waals surface area contributed by atoms with Gasteiger partial charge in [-0.15, -0.1) is 0 Å². The van der Waals surface area contributed by atoms with Crippen LogP contribution in [0.4, 0.5) is 5.69 Å². The van der Waals surface area contributed by atoms with Crippen molar-refractivity contribution in [3.8, 4) is 5.75 Å². The molecule has 1 spiro atoms. The van der Waals surface area contributed by atoms with Crippen LogP contribution in [0.3, 0.4) is 0 Å². The number of rotatable bonds is 16. The van der Waals surface area contributed by atoms with Gasteiger partial charge in [0.25, 0.3) is 0 Å². The van der Waals surface area contributed by atoms with Gasteiger partial charge < -0.3 is 24.4 Å². The van der Waals surface area contributed by atoms with Crippen LogP contribution >= 0.6 is 0 Å². The molecule has 9 nitrogen and oxygen atoms in total. The molecule has 2 aromatic carbocycles. The summed E-state index contributed by atoms with van der Waals surface area (Å²) in [6.07, 6.45) is 11.9. The first-order chi connectivity index (χ1) is 24.8. The largest absolute Gasteiger partial charge is 0.490 e. The Morgan fingerprint density at radius 1 is 1.16 bits per heavy atom. The second kappa shape index (κ2) is 17.5. The summed E-state index contributed by atoms with van der Waals surface area (Å²) >= 11 is 0. The fourth-order valence-corrected chi connectivity index (χ4v) is 9.81. The molecule has 5 unspecified atom stereocenters. The minimum absolute atomic E-state index is 0.0403. The fraction of sp³-hybridized carbons (Fsp3) is 0.634. The first-order valence-corrected chi connectivity index (χ1v) is 20.4. The zero-order chi connectivity index (χ0) is 35.8. The Morgan fingerprint density at radius 2 is 1.98 bits per heavy atom. The number of hydrogen-bond donors (Lipinski definition) is 2. The van der Waals surface area contributed by atoms with Crippen molar-refractivity contribution in [2.75, 3.05) is 84.7 Å². The van der Waals surface area contributed by atoms with Gasteiger partial charge in [0.2, 0.25) is 0 Å². The van der Waals surface area contributed by atoms with E-state index in [1.807, 2.05) is 25.3 Å². The lowest BCUT2D eigenvalue weighted by Gasteiger charge is -2.50. The van der Waals surface area contributed by atoms with Crippen LogP contribution in [0.25, 0.3) is 0 Å². The third-order valence-corrected chi connectivity index (χ3v) is 13.9. The van der Waals surface area contributed by atoms with Crippen LogP contribution < -0.4 is 19.7 Å². The predicted octanol–water partition coefficient (Wildman–Crippen LogP) is 5.16. The summed E-state index contributed by atoms with van der Waals surface area (Å²) in [5.41, 5.74) is 3.94. The van der Waals surface area contributed by atoms with Gasteiger partial charge in [0.1, 0.15) is 17.6 Å².